The predicted octanol–water partition coefficient (Wildman–Crippen LogP) is 1.34. The van der Waals surface area contributed by atoms with Crippen LogP contribution in [0.5, 0.6) is 5.75 Å². The summed E-state index contributed by atoms with van der Waals surface area (Å²) in [5, 5.41) is 20.9. The van der Waals surface area contributed by atoms with Crippen LogP contribution in [-0.4, -0.2) is 51.7 Å². The molecule has 1 saturated heterocycles. The van der Waals surface area contributed by atoms with Gasteiger partial charge in [-0.05, 0) is 30.5 Å². The van der Waals surface area contributed by atoms with Crippen LogP contribution in [0.3, 0.4) is 0 Å². The van der Waals surface area contributed by atoms with Crippen LogP contribution in [0.25, 0.3) is 0 Å². The number of hydrogen-bond acceptors (Lipinski definition) is 5. The Balaban J connectivity index is 1.49. The number of hydrogen-bond donors (Lipinski definition) is 2. The summed E-state index contributed by atoms with van der Waals surface area (Å²) in [4.78, 5) is 2.19. The quantitative estimate of drug-likeness (QED) is 0.842. The molecule has 6 nitrogen and oxygen atoms in total. The predicted molar refractivity (Wildman–Crippen MR) is 82.7 cm³/mol. The van der Waals surface area contributed by atoms with Crippen LogP contribution in [0.4, 0.5) is 0 Å². The molecule has 1 aromatic carbocycles. The van der Waals surface area contributed by atoms with Crippen molar-refractivity contribution in [3.8, 4) is 5.75 Å². The number of nitrogens with one attached hydrogen (secondary N) is 1. The molecule has 3 rings (SSSR count). The summed E-state index contributed by atoms with van der Waals surface area (Å²) in [6.07, 6.45) is 3.27. The molecule has 2 heterocycles. The highest BCUT2D eigenvalue weighted by atomic mass is 16.5. The molecular formula is C16H22N4O2. The fraction of sp³-hybridized carbons (Fsp3) is 0.500. The van der Waals surface area contributed by atoms with Crippen molar-refractivity contribution in [1.82, 2.24) is 20.3 Å². The number of aromatic amines is 1. The maximum absolute atomic E-state index is 10.6. The maximum Gasteiger partial charge on any atom is 0.124 e. The molecule has 0 radical (unpaired) electrons. The minimum Gasteiger partial charge on any atom is -0.492 e. The van der Waals surface area contributed by atoms with Crippen molar-refractivity contribution in [3.63, 3.8) is 0 Å². The van der Waals surface area contributed by atoms with Crippen LogP contribution in [0.15, 0.2) is 30.5 Å². The van der Waals surface area contributed by atoms with E-state index in [1.54, 1.807) is 6.20 Å². The lowest BCUT2D eigenvalue weighted by atomic mass is 10.0. The van der Waals surface area contributed by atoms with Crippen LogP contribution in [-0.2, 0) is 12.0 Å². The summed E-state index contributed by atoms with van der Waals surface area (Å²) in [5.74, 6) is 0.908. The fourth-order valence-electron chi connectivity index (χ4n) is 2.84. The third-order valence-electron chi connectivity index (χ3n) is 4.20. The first kappa shape index (κ1) is 15.0. The number of nitrogens with zero attached hydrogens (tertiary/aromatic N) is 3. The number of ether oxygens (including phenoxy) is 1. The average molecular weight is 302 g/mol. The van der Waals surface area contributed by atoms with Crippen molar-refractivity contribution in [1.29, 1.82) is 0 Å². The van der Waals surface area contributed by atoms with Gasteiger partial charge in [-0.2, -0.15) is 15.4 Å². The van der Waals surface area contributed by atoms with Gasteiger partial charge in [0.05, 0.1) is 6.20 Å². The van der Waals surface area contributed by atoms with Gasteiger partial charge in [0.15, 0.2) is 0 Å². The van der Waals surface area contributed by atoms with E-state index >= 15 is 0 Å². The zero-order valence-electron chi connectivity index (χ0n) is 12.8. The summed E-state index contributed by atoms with van der Waals surface area (Å²) in [7, 11) is 0. The van der Waals surface area contributed by atoms with Crippen LogP contribution >= 0.6 is 0 Å². The Labute approximate surface area is 130 Å². The lowest BCUT2D eigenvalue weighted by molar-refractivity contribution is 0.0403. The molecule has 1 aromatic heterocycles. The van der Waals surface area contributed by atoms with Crippen molar-refractivity contribution < 1.29 is 9.84 Å². The van der Waals surface area contributed by atoms with Crippen molar-refractivity contribution in [3.05, 3.63) is 41.7 Å². The second-order valence-corrected chi connectivity index (χ2v) is 5.76. The lowest BCUT2D eigenvalue weighted by Gasteiger charge is -2.21. The number of likely N-dealkylation sites (tertiary alicyclic amines) is 1. The normalized spacial score (nSPS) is 22.1. The van der Waals surface area contributed by atoms with E-state index in [-0.39, 0.29) is 0 Å². The van der Waals surface area contributed by atoms with Gasteiger partial charge in [0.1, 0.15) is 23.7 Å². The van der Waals surface area contributed by atoms with Gasteiger partial charge in [-0.3, -0.25) is 4.90 Å². The zero-order valence-corrected chi connectivity index (χ0v) is 12.8. The van der Waals surface area contributed by atoms with Gasteiger partial charge < -0.3 is 9.84 Å². The van der Waals surface area contributed by atoms with E-state index < -0.39 is 5.60 Å². The van der Waals surface area contributed by atoms with Crippen molar-refractivity contribution in [2.24, 2.45) is 0 Å². The Morgan fingerprint density at radius 2 is 2.36 bits per heavy atom. The van der Waals surface area contributed by atoms with Gasteiger partial charge in [0.25, 0.3) is 0 Å². The van der Waals surface area contributed by atoms with E-state index in [0.29, 0.717) is 25.3 Å². The molecule has 2 N–H and O–H groups in total. The molecule has 1 fully saturated rings. The third kappa shape index (κ3) is 3.28. The van der Waals surface area contributed by atoms with E-state index in [2.05, 4.69) is 39.4 Å². The average Bonchev–Trinajstić information content (AvgIpc) is 3.18. The van der Waals surface area contributed by atoms with Crippen molar-refractivity contribution in [2.45, 2.75) is 25.4 Å². The van der Waals surface area contributed by atoms with Crippen LogP contribution in [0.1, 0.15) is 24.6 Å². The number of β-amino-alcohol motifs (C(OH)–C–C–N with tert-alkyl or cyclic N) is 1. The Hall–Kier alpha value is -1.92. The van der Waals surface area contributed by atoms with Crippen LogP contribution in [0, 0.1) is 0 Å². The number of aromatic nitrogens is 3. The summed E-state index contributed by atoms with van der Waals surface area (Å²) in [6.45, 7) is 4.94. The van der Waals surface area contributed by atoms with E-state index in [1.165, 1.54) is 5.56 Å². The van der Waals surface area contributed by atoms with Crippen LogP contribution in [0.2, 0.25) is 0 Å². The molecular weight excluding hydrogens is 280 g/mol. The number of rotatable bonds is 6. The molecule has 1 unspecified atom stereocenters. The van der Waals surface area contributed by atoms with Gasteiger partial charge >= 0.3 is 0 Å². The first-order valence-electron chi connectivity index (χ1n) is 7.72. The summed E-state index contributed by atoms with van der Waals surface area (Å²) < 4.78 is 5.81. The molecule has 2 aromatic rings. The smallest absolute Gasteiger partial charge is 0.124 e. The molecule has 1 aliphatic rings. The molecule has 0 bridgehead atoms. The highest BCUT2D eigenvalue weighted by molar-refractivity contribution is 5.28. The SMILES string of the molecule is CCc1cccc(OCCN2CCC(O)(c3cn[nH]n3)C2)c1. The Morgan fingerprint density at radius 3 is 3.14 bits per heavy atom. The van der Waals surface area contributed by atoms with E-state index in [4.69, 9.17) is 4.74 Å². The molecule has 1 aliphatic heterocycles. The second-order valence-electron chi connectivity index (χ2n) is 5.76. The molecule has 1 atom stereocenters. The first-order chi connectivity index (χ1) is 10.7. The maximum atomic E-state index is 10.6. The molecule has 118 valence electrons. The van der Waals surface area contributed by atoms with E-state index in [9.17, 15) is 5.11 Å². The lowest BCUT2D eigenvalue weighted by Crippen LogP contribution is -2.33. The number of H-pyrrole nitrogens is 1. The first-order valence-corrected chi connectivity index (χ1v) is 7.72. The zero-order chi connectivity index (χ0) is 15.4. The Bertz CT molecular complexity index is 602. The molecule has 22 heavy (non-hydrogen) atoms. The van der Waals surface area contributed by atoms with Gasteiger partial charge in [-0.25, -0.2) is 0 Å². The molecule has 6 heteroatoms. The summed E-state index contributed by atoms with van der Waals surface area (Å²) in [5.41, 5.74) is 1.00. The molecule has 0 aliphatic carbocycles. The summed E-state index contributed by atoms with van der Waals surface area (Å²) >= 11 is 0. The van der Waals surface area contributed by atoms with Gasteiger partial charge in [-0.15, -0.1) is 0 Å². The van der Waals surface area contributed by atoms with Gasteiger partial charge in [-0.1, -0.05) is 19.1 Å². The third-order valence-corrected chi connectivity index (χ3v) is 4.20. The van der Waals surface area contributed by atoms with E-state index in [1.807, 2.05) is 12.1 Å². The molecule has 0 amide bonds. The molecule has 0 spiro atoms. The van der Waals surface area contributed by atoms with Gasteiger partial charge in [0, 0.05) is 19.6 Å². The summed E-state index contributed by atoms with van der Waals surface area (Å²) in [6, 6.07) is 8.18. The second kappa shape index (κ2) is 6.46. The molecule has 0 saturated carbocycles. The van der Waals surface area contributed by atoms with Crippen molar-refractivity contribution >= 4 is 0 Å². The minimum absolute atomic E-state index is 0.567. The standard InChI is InChI=1S/C16H22N4O2/c1-2-13-4-3-5-14(10-13)22-9-8-20-7-6-16(21,12-20)15-11-17-19-18-15/h3-5,10-11,21H,2,6-9,12H2,1H3,(H,17,18,19). The largest absolute Gasteiger partial charge is 0.492 e. The van der Waals surface area contributed by atoms with Crippen molar-refractivity contribution in [2.75, 3.05) is 26.2 Å². The Morgan fingerprint density at radius 1 is 1.45 bits per heavy atom. The van der Waals surface area contributed by atoms with Crippen LogP contribution < -0.4 is 4.74 Å². The van der Waals surface area contributed by atoms with Gasteiger partial charge in [0.2, 0.25) is 0 Å². The number of aliphatic hydroxyl groups is 1. The van der Waals surface area contributed by atoms with E-state index in [0.717, 1.165) is 25.3 Å². The minimum atomic E-state index is -0.894. The highest BCUT2D eigenvalue weighted by Gasteiger charge is 2.39. The Kier molecular flexibility index (Phi) is 4.40. The number of aryl methyl sites for hydroxylation is 1. The number of benzene rings is 1. The monoisotopic (exact) mass is 302 g/mol. The highest BCUT2D eigenvalue weighted by Crippen LogP contribution is 2.29. The topological polar surface area (TPSA) is 74.3 Å². The fourth-order valence-corrected chi connectivity index (χ4v) is 2.84.